The highest BCUT2D eigenvalue weighted by Crippen LogP contribution is 2.51. The van der Waals surface area contributed by atoms with Crippen molar-refractivity contribution in [2.45, 2.75) is 24.9 Å². The van der Waals surface area contributed by atoms with Gasteiger partial charge in [-0.3, -0.25) is 14.6 Å². The number of carbonyl (C=O) groups excluding carboxylic acids is 2. The summed E-state index contributed by atoms with van der Waals surface area (Å²) in [4.78, 5) is 25.8. The number of amides is 1. The molecule has 5 rings (SSSR count). The Labute approximate surface area is 152 Å². The molecule has 2 aliphatic heterocycles. The minimum Gasteiger partial charge on any atom is -0.294 e. The van der Waals surface area contributed by atoms with Gasteiger partial charge >= 0.3 is 0 Å². The van der Waals surface area contributed by atoms with Gasteiger partial charge in [0, 0.05) is 13.0 Å². The van der Waals surface area contributed by atoms with Crippen molar-refractivity contribution in [3.05, 3.63) is 77.4 Å². The van der Waals surface area contributed by atoms with Crippen molar-refractivity contribution in [1.29, 1.82) is 0 Å². The first-order valence-electron chi connectivity index (χ1n) is 9.17. The number of benzene rings is 2. The molecule has 3 fully saturated rings. The maximum absolute atomic E-state index is 13.3. The van der Waals surface area contributed by atoms with Crippen LogP contribution in [0.5, 0.6) is 0 Å². The van der Waals surface area contributed by atoms with E-state index in [4.69, 9.17) is 0 Å². The average Bonchev–Trinajstić information content (AvgIpc) is 3.29. The highest BCUT2D eigenvalue weighted by atomic mass is 16.2. The average molecular weight is 344 g/mol. The molecular formula is C22H20N2O2. The summed E-state index contributed by atoms with van der Waals surface area (Å²) in [5.74, 6) is 0.165. The minimum atomic E-state index is -0.170. The SMILES string of the molecule is O=C1/C(=C/c2ccccc2)CC2C1C(c1ccccc1)N1CCC(=O)N21. The number of Topliss-reactive ketones (excluding diaryl/α,β-unsaturated/α-hetero) is 1. The standard InChI is InChI=1S/C22H20N2O2/c25-19-11-12-23-21(16-9-5-2-6-10-16)20-18(24(19)23)14-17(22(20)26)13-15-7-3-1-4-8-15/h1-10,13,18,20-21H,11-12,14H2/b17-13+. The first-order chi connectivity index (χ1) is 12.7. The molecule has 1 saturated carbocycles. The maximum Gasteiger partial charge on any atom is 0.238 e. The number of hydrogen-bond donors (Lipinski definition) is 0. The topological polar surface area (TPSA) is 40.6 Å². The molecule has 2 heterocycles. The lowest BCUT2D eigenvalue weighted by Gasteiger charge is -2.28. The van der Waals surface area contributed by atoms with Crippen LogP contribution in [0, 0.1) is 5.92 Å². The van der Waals surface area contributed by atoms with Crippen molar-refractivity contribution in [2.75, 3.05) is 6.54 Å². The van der Waals surface area contributed by atoms with Crippen LogP contribution >= 0.6 is 0 Å². The Hall–Kier alpha value is -2.72. The van der Waals surface area contributed by atoms with E-state index < -0.39 is 0 Å². The van der Waals surface area contributed by atoms with E-state index in [0.717, 1.165) is 16.7 Å². The van der Waals surface area contributed by atoms with E-state index in [-0.39, 0.29) is 29.7 Å². The Morgan fingerprint density at radius 2 is 1.62 bits per heavy atom. The monoisotopic (exact) mass is 344 g/mol. The van der Waals surface area contributed by atoms with Crippen molar-refractivity contribution in [1.82, 2.24) is 10.0 Å². The van der Waals surface area contributed by atoms with Gasteiger partial charge in [0.15, 0.2) is 5.78 Å². The largest absolute Gasteiger partial charge is 0.294 e. The summed E-state index contributed by atoms with van der Waals surface area (Å²) in [6.07, 6.45) is 3.18. The van der Waals surface area contributed by atoms with Gasteiger partial charge in [-0.1, -0.05) is 60.7 Å². The number of hydrogen-bond acceptors (Lipinski definition) is 3. The summed E-state index contributed by atoms with van der Waals surface area (Å²) in [5, 5.41) is 4.01. The molecule has 1 aliphatic carbocycles. The van der Waals surface area contributed by atoms with E-state index in [9.17, 15) is 9.59 Å². The molecule has 2 aromatic carbocycles. The Morgan fingerprint density at radius 3 is 2.35 bits per heavy atom. The van der Waals surface area contributed by atoms with E-state index >= 15 is 0 Å². The van der Waals surface area contributed by atoms with Gasteiger partial charge in [0.05, 0.1) is 18.0 Å². The van der Waals surface area contributed by atoms with E-state index in [2.05, 4.69) is 17.1 Å². The van der Waals surface area contributed by atoms with Crippen LogP contribution in [0.2, 0.25) is 0 Å². The second kappa shape index (κ2) is 5.92. The van der Waals surface area contributed by atoms with Crippen molar-refractivity contribution >= 4 is 17.8 Å². The molecule has 0 bridgehead atoms. The molecule has 2 saturated heterocycles. The van der Waals surface area contributed by atoms with Crippen LogP contribution in [0.15, 0.2) is 66.2 Å². The first kappa shape index (κ1) is 15.5. The molecule has 4 heteroatoms. The van der Waals surface area contributed by atoms with Crippen LogP contribution in [-0.2, 0) is 9.59 Å². The molecule has 3 atom stereocenters. The van der Waals surface area contributed by atoms with Gasteiger partial charge in [0.25, 0.3) is 0 Å². The van der Waals surface area contributed by atoms with Gasteiger partial charge in [-0.2, -0.15) is 0 Å². The van der Waals surface area contributed by atoms with E-state index in [0.29, 0.717) is 19.4 Å². The second-order valence-corrected chi connectivity index (χ2v) is 7.25. The van der Waals surface area contributed by atoms with Gasteiger partial charge in [0.2, 0.25) is 5.91 Å². The van der Waals surface area contributed by atoms with Gasteiger partial charge < -0.3 is 0 Å². The van der Waals surface area contributed by atoms with Gasteiger partial charge in [0.1, 0.15) is 0 Å². The minimum absolute atomic E-state index is 0.0400. The normalized spacial score (nSPS) is 29.5. The summed E-state index contributed by atoms with van der Waals surface area (Å²) in [5.41, 5.74) is 3.00. The number of nitrogens with zero attached hydrogens (tertiary/aromatic N) is 2. The molecule has 3 unspecified atom stereocenters. The van der Waals surface area contributed by atoms with Crippen LogP contribution in [0.4, 0.5) is 0 Å². The lowest BCUT2D eigenvalue weighted by Crippen LogP contribution is -2.38. The smallest absolute Gasteiger partial charge is 0.238 e. The summed E-state index contributed by atoms with van der Waals surface area (Å²) >= 11 is 0. The van der Waals surface area contributed by atoms with Crippen LogP contribution < -0.4 is 0 Å². The maximum atomic E-state index is 13.3. The van der Waals surface area contributed by atoms with Gasteiger partial charge in [-0.15, -0.1) is 0 Å². The third-order valence-corrected chi connectivity index (χ3v) is 5.81. The second-order valence-electron chi connectivity index (χ2n) is 7.25. The Balaban J connectivity index is 1.56. The molecule has 3 aliphatic rings. The van der Waals surface area contributed by atoms with Gasteiger partial charge in [-0.05, 0) is 29.2 Å². The molecule has 4 nitrogen and oxygen atoms in total. The molecule has 0 spiro atoms. The summed E-state index contributed by atoms with van der Waals surface area (Å²) in [6.45, 7) is 0.705. The molecule has 26 heavy (non-hydrogen) atoms. The van der Waals surface area contributed by atoms with Gasteiger partial charge in [-0.25, -0.2) is 5.01 Å². The van der Waals surface area contributed by atoms with E-state index in [1.54, 1.807) is 0 Å². The highest BCUT2D eigenvalue weighted by molar-refractivity contribution is 6.05. The zero-order valence-electron chi connectivity index (χ0n) is 14.4. The Kier molecular flexibility index (Phi) is 3.54. The number of fused-ring (bicyclic) bond motifs is 3. The highest BCUT2D eigenvalue weighted by Gasteiger charge is 2.59. The molecular weight excluding hydrogens is 324 g/mol. The van der Waals surface area contributed by atoms with Crippen molar-refractivity contribution in [3.8, 4) is 0 Å². The summed E-state index contributed by atoms with van der Waals surface area (Å²) < 4.78 is 0. The molecule has 1 amide bonds. The summed E-state index contributed by atoms with van der Waals surface area (Å²) in [6, 6.07) is 20.0. The van der Waals surface area contributed by atoms with Crippen molar-refractivity contribution < 1.29 is 9.59 Å². The number of ketones is 1. The fraction of sp³-hybridized carbons (Fsp3) is 0.273. The number of hydrazine groups is 1. The lowest BCUT2D eigenvalue weighted by molar-refractivity contribution is -0.138. The lowest BCUT2D eigenvalue weighted by atomic mass is 9.89. The fourth-order valence-electron chi connectivity index (χ4n) is 4.75. The molecule has 0 N–H and O–H groups in total. The quantitative estimate of drug-likeness (QED) is 0.786. The molecule has 0 radical (unpaired) electrons. The third kappa shape index (κ3) is 2.26. The fourth-order valence-corrected chi connectivity index (χ4v) is 4.75. The van der Waals surface area contributed by atoms with Crippen LogP contribution in [0.25, 0.3) is 6.08 Å². The first-order valence-corrected chi connectivity index (χ1v) is 9.17. The van der Waals surface area contributed by atoms with E-state index in [1.807, 2.05) is 59.6 Å². The zero-order chi connectivity index (χ0) is 17.7. The molecule has 2 aromatic rings. The van der Waals surface area contributed by atoms with E-state index in [1.165, 1.54) is 0 Å². The number of carbonyl (C=O) groups is 2. The predicted octanol–water partition coefficient (Wildman–Crippen LogP) is 3.23. The summed E-state index contributed by atoms with van der Waals surface area (Å²) in [7, 11) is 0. The molecule has 0 aromatic heterocycles. The predicted molar refractivity (Wildman–Crippen MR) is 98.7 cm³/mol. The van der Waals surface area contributed by atoms with Crippen LogP contribution in [-0.4, -0.2) is 34.3 Å². The Bertz CT molecular complexity index is 891. The van der Waals surface area contributed by atoms with Crippen LogP contribution in [0.3, 0.4) is 0 Å². The Morgan fingerprint density at radius 1 is 0.923 bits per heavy atom. The van der Waals surface area contributed by atoms with Crippen LogP contribution in [0.1, 0.15) is 30.0 Å². The van der Waals surface area contributed by atoms with Crippen molar-refractivity contribution in [3.63, 3.8) is 0 Å². The zero-order valence-corrected chi connectivity index (χ0v) is 14.4. The third-order valence-electron chi connectivity index (χ3n) is 5.81. The molecule has 130 valence electrons. The number of rotatable bonds is 2. The van der Waals surface area contributed by atoms with Crippen molar-refractivity contribution in [2.24, 2.45) is 5.92 Å².